The number of amides is 1. The Morgan fingerprint density at radius 1 is 1.14 bits per heavy atom. The van der Waals surface area contributed by atoms with Gasteiger partial charge in [0.15, 0.2) is 16.5 Å². The van der Waals surface area contributed by atoms with Crippen LogP contribution in [-0.2, 0) is 26.6 Å². The number of morpholine rings is 1. The van der Waals surface area contributed by atoms with Crippen LogP contribution in [-0.4, -0.2) is 77.0 Å². The molecule has 2 aromatic carbocycles. The second kappa shape index (κ2) is 9.36. The van der Waals surface area contributed by atoms with E-state index in [-0.39, 0.29) is 45.7 Å². The van der Waals surface area contributed by atoms with Gasteiger partial charge in [-0.3, -0.25) is 9.52 Å². The van der Waals surface area contributed by atoms with Crippen LogP contribution in [0, 0.1) is 5.92 Å². The second-order valence-corrected chi connectivity index (χ2v) is 14.1. The Kier molecular flexibility index (Phi) is 5.84. The molecule has 5 aliphatic rings. The number of carbonyl (C=O) groups excluding carboxylic acids is 1. The van der Waals surface area contributed by atoms with Crippen molar-refractivity contribution in [3.05, 3.63) is 47.0 Å². The minimum absolute atomic E-state index is 0.00462. The predicted molar refractivity (Wildman–Crippen MR) is 157 cm³/mol. The summed E-state index contributed by atoms with van der Waals surface area (Å²) in [5.41, 5.74) is 4.32. The van der Waals surface area contributed by atoms with E-state index in [0.717, 1.165) is 42.7 Å². The maximum atomic E-state index is 14.0. The Balaban J connectivity index is 1.15. The van der Waals surface area contributed by atoms with Crippen molar-refractivity contribution in [2.24, 2.45) is 5.92 Å². The summed E-state index contributed by atoms with van der Waals surface area (Å²) < 4.78 is 53.2. The number of sulfonamides is 1. The lowest BCUT2D eigenvalue weighted by Crippen LogP contribution is -2.41. The third-order valence-electron chi connectivity index (χ3n) is 10.1. The van der Waals surface area contributed by atoms with Gasteiger partial charge in [-0.05, 0) is 61.4 Å². The van der Waals surface area contributed by atoms with Crippen molar-refractivity contribution in [2.75, 3.05) is 50.1 Å². The van der Waals surface area contributed by atoms with Crippen molar-refractivity contribution in [3.63, 3.8) is 0 Å². The number of fused-ring (bicyclic) bond motifs is 6. The fraction of sp³-hybridized carbons (Fsp3) is 0.484. The number of anilines is 2. The lowest BCUT2D eigenvalue weighted by Gasteiger charge is -2.34. The van der Waals surface area contributed by atoms with Crippen LogP contribution in [0.25, 0.3) is 11.3 Å². The highest BCUT2D eigenvalue weighted by molar-refractivity contribution is 7.93. The molecule has 0 radical (unpaired) electrons. The minimum Gasteiger partial charge on any atom is -0.495 e. The lowest BCUT2D eigenvalue weighted by atomic mass is 9.77. The number of hydrogen-bond donors (Lipinski definition) is 1. The average molecular weight is 607 g/mol. The van der Waals surface area contributed by atoms with Crippen LogP contribution in [0.5, 0.6) is 11.5 Å². The molecule has 4 fully saturated rings. The molecule has 1 aromatic heterocycles. The average Bonchev–Trinajstić information content (AvgIpc) is 3.38. The molecule has 1 spiro atoms. The molecular formula is C31H34N4O7S. The molecule has 2 bridgehead atoms. The molecule has 8 rings (SSSR count). The maximum absolute atomic E-state index is 14.0. The zero-order valence-electron chi connectivity index (χ0n) is 24.4. The standard InChI is InChI=1S/C31H34N4O7S/c1-17-13-31(17)14-23-27(22-12-19(5-6-24(22)31)34-7-4-8-34)42-32-29(23)33-43(37,38)28-25(39-2)9-18(10-26(28)40-3)30(36)35-15-21-11-20(35)16-41-21/h5-6,9-10,12,17,20-21H,4,7-8,11,13-16H2,1-3H3,(H,32,33)/t17-,20-,21-,31+/m0/s1. The van der Waals surface area contributed by atoms with Gasteiger partial charge in [-0.15, -0.1) is 0 Å². The normalized spacial score (nSPS) is 26.6. The van der Waals surface area contributed by atoms with Gasteiger partial charge in [0.25, 0.3) is 15.9 Å². The number of aromatic nitrogens is 1. The Hall–Kier alpha value is -3.77. The summed E-state index contributed by atoms with van der Waals surface area (Å²) >= 11 is 0. The van der Waals surface area contributed by atoms with Gasteiger partial charge >= 0.3 is 0 Å². The molecular weight excluding hydrogens is 572 g/mol. The molecule has 12 heteroatoms. The maximum Gasteiger partial charge on any atom is 0.270 e. The largest absolute Gasteiger partial charge is 0.495 e. The van der Waals surface area contributed by atoms with Gasteiger partial charge in [-0.1, -0.05) is 18.1 Å². The van der Waals surface area contributed by atoms with Gasteiger partial charge in [-0.2, -0.15) is 0 Å². The molecule has 2 aliphatic carbocycles. The number of nitrogens with one attached hydrogen (secondary N) is 1. The molecule has 3 aliphatic heterocycles. The fourth-order valence-electron chi connectivity index (χ4n) is 7.47. The minimum atomic E-state index is -4.27. The highest BCUT2D eigenvalue weighted by atomic mass is 32.2. The number of carbonyl (C=O) groups is 1. The van der Waals surface area contributed by atoms with E-state index in [2.05, 4.69) is 39.9 Å². The first-order valence-corrected chi connectivity index (χ1v) is 16.3. The van der Waals surface area contributed by atoms with Gasteiger partial charge in [-0.25, -0.2) is 8.42 Å². The van der Waals surface area contributed by atoms with Crippen molar-refractivity contribution in [1.82, 2.24) is 10.1 Å². The van der Waals surface area contributed by atoms with Crippen LogP contribution in [0.2, 0.25) is 0 Å². The third kappa shape index (κ3) is 3.98. The monoisotopic (exact) mass is 606 g/mol. The van der Waals surface area contributed by atoms with E-state index in [0.29, 0.717) is 36.8 Å². The molecule has 4 atom stereocenters. The second-order valence-electron chi connectivity index (χ2n) is 12.5. The summed E-state index contributed by atoms with van der Waals surface area (Å²) in [6.45, 7) is 5.30. The predicted octanol–water partition coefficient (Wildman–Crippen LogP) is 3.82. The highest BCUT2D eigenvalue weighted by Gasteiger charge is 2.56. The smallest absolute Gasteiger partial charge is 0.270 e. The van der Waals surface area contributed by atoms with Gasteiger partial charge in [0, 0.05) is 47.4 Å². The third-order valence-corrected chi connectivity index (χ3v) is 11.5. The first-order chi connectivity index (χ1) is 20.7. The van der Waals surface area contributed by atoms with Gasteiger partial charge in [0.2, 0.25) is 0 Å². The van der Waals surface area contributed by atoms with E-state index >= 15 is 0 Å². The molecule has 11 nitrogen and oxygen atoms in total. The highest BCUT2D eigenvalue weighted by Crippen LogP contribution is 2.62. The summed E-state index contributed by atoms with van der Waals surface area (Å²) in [7, 11) is -1.53. The Morgan fingerprint density at radius 3 is 2.47 bits per heavy atom. The molecule has 226 valence electrons. The van der Waals surface area contributed by atoms with Crippen LogP contribution >= 0.6 is 0 Å². The quantitative estimate of drug-likeness (QED) is 0.428. The van der Waals surface area contributed by atoms with E-state index in [1.54, 1.807) is 4.90 Å². The fourth-order valence-corrected chi connectivity index (χ4v) is 8.80. The van der Waals surface area contributed by atoms with Crippen LogP contribution in [0.3, 0.4) is 0 Å². The zero-order valence-corrected chi connectivity index (χ0v) is 25.2. The van der Waals surface area contributed by atoms with Crippen molar-refractivity contribution in [3.8, 4) is 22.8 Å². The molecule has 3 saturated heterocycles. The van der Waals surface area contributed by atoms with E-state index in [1.165, 1.54) is 38.3 Å². The van der Waals surface area contributed by atoms with Crippen LogP contribution in [0.4, 0.5) is 11.5 Å². The molecule has 4 heterocycles. The molecule has 1 saturated carbocycles. The molecule has 43 heavy (non-hydrogen) atoms. The molecule has 3 aromatic rings. The zero-order chi connectivity index (χ0) is 29.7. The number of benzene rings is 2. The number of methoxy groups -OCH3 is 2. The van der Waals surface area contributed by atoms with Crippen molar-refractivity contribution < 1.29 is 31.9 Å². The molecule has 1 N–H and O–H groups in total. The first-order valence-electron chi connectivity index (χ1n) is 14.8. The van der Waals surface area contributed by atoms with Crippen LogP contribution in [0.15, 0.2) is 39.8 Å². The van der Waals surface area contributed by atoms with Crippen LogP contribution < -0.4 is 19.1 Å². The van der Waals surface area contributed by atoms with Gasteiger partial charge < -0.3 is 28.5 Å². The number of rotatable bonds is 7. The topological polar surface area (TPSA) is 123 Å². The molecule has 1 amide bonds. The van der Waals surface area contributed by atoms with Gasteiger partial charge in [0.1, 0.15) is 11.5 Å². The van der Waals surface area contributed by atoms with E-state index < -0.39 is 10.0 Å². The van der Waals surface area contributed by atoms with Gasteiger partial charge in [0.05, 0.1) is 33.0 Å². The number of nitrogens with zero attached hydrogens (tertiary/aromatic N) is 3. The Morgan fingerprint density at radius 2 is 1.88 bits per heavy atom. The Labute approximate surface area is 250 Å². The SMILES string of the molecule is COc1cc(C(=O)N2C[C@@H]3C[C@H]2CO3)cc(OC)c1S(=O)(=O)Nc1noc2c1C[C@@]1(C[C@@H]1C)c1ccc(N3CCC3)cc1-2. The van der Waals surface area contributed by atoms with Crippen molar-refractivity contribution in [2.45, 2.75) is 55.1 Å². The number of hydrogen-bond acceptors (Lipinski definition) is 9. The lowest BCUT2D eigenvalue weighted by molar-refractivity contribution is 0.0258. The summed E-state index contributed by atoms with van der Waals surface area (Å²) in [6, 6.07) is 9.48. The van der Waals surface area contributed by atoms with E-state index in [4.69, 9.17) is 18.7 Å². The van der Waals surface area contributed by atoms with Crippen molar-refractivity contribution in [1.29, 1.82) is 0 Å². The molecule has 0 unspecified atom stereocenters. The summed E-state index contributed by atoms with van der Waals surface area (Å²) in [6.07, 6.45) is 3.67. The number of ether oxygens (including phenoxy) is 3. The van der Waals surface area contributed by atoms with E-state index in [1.807, 2.05) is 0 Å². The van der Waals surface area contributed by atoms with Crippen molar-refractivity contribution >= 4 is 27.4 Å². The van der Waals surface area contributed by atoms with E-state index in [9.17, 15) is 13.2 Å². The van der Waals surface area contributed by atoms with Crippen LogP contribution in [0.1, 0.15) is 47.7 Å². The first kappa shape index (κ1) is 26.8. The Bertz CT molecular complexity index is 1740. The number of likely N-dealkylation sites (tertiary alicyclic amines) is 1. The summed E-state index contributed by atoms with van der Waals surface area (Å²) in [4.78, 5) is 17.3. The summed E-state index contributed by atoms with van der Waals surface area (Å²) in [5.74, 6) is 1.01. The summed E-state index contributed by atoms with van der Waals surface area (Å²) in [5, 5.41) is 4.23.